The molecule has 3 aromatic carbocycles. The number of rotatable bonds is 5. The van der Waals surface area contributed by atoms with Gasteiger partial charge < -0.3 is 14.8 Å². The van der Waals surface area contributed by atoms with E-state index < -0.39 is 0 Å². The van der Waals surface area contributed by atoms with Crippen LogP contribution in [0.15, 0.2) is 72.8 Å². The maximum atomic E-state index is 12.9. The van der Waals surface area contributed by atoms with Crippen molar-refractivity contribution in [1.82, 2.24) is 5.32 Å². The number of nitrogens with one attached hydrogen (secondary N) is 1. The zero-order valence-electron chi connectivity index (χ0n) is 15.9. The number of hydrogen-bond acceptors (Lipinski definition) is 3. The molecule has 4 nitrogen and oxygen atoms in total. The van der Waals surface area contributed by atoms with Gasteiger partial charge in [0.25, 0.3) is 5.91 Å². The van der Waals surface area contributed by atoms with Crippen LogP contribution >= 0.6 is 11.6 Å². The van der Waals surface area contributed by atoms with Gasteiger partial charge in [-0.3, -0.25) is 4.79 Å². The Kier molecular flexibility index (Phi) is 6.01. The van der Waals surface area contributed by atoms with Crippen LogP contribution in [0.2, 0.25) is 5.02 Å². The molecule has 0 aromatic heterocycles. The summed E-state index contributed by atoms with van der Waals surface area (Å²) in [6.07, 6.45) is 1.52. The Labute approximate surface area is 175 Å². The summed E-state index contributed by atoms with van der Waals surface area (Å²) in [6, 6.07) is 22.7. The number of ether oxygens (including phenoxy) is 2. The first-order valence-electron chi connectivity index (χ1n) is 9.69. The van der Waals surface area contributed by atoms with E-state index in [0.29, 0.717) is 30.2 Å². The summed E-state index contributed by atoms with van der Waals surface area (Å²) in [5.74, 6) is 1.32. The van der Waals surface area contributed by atoms with E-state index in [1.807, 2.05) is 36.4 Å². The molecule has 1 heterocycles. The molecule has 0 radical (unpaired) electrons. The molecule has 1 atom stereocenters. The Bertz CT molecular complexity index is 973. The smallest absolute Gasteiger partial charge is 0.251 e. The third-order valence-electron chi connectivity index (χ3n) is 4.87. The van der Waals surface area contributed by atoms with Crippen molar-refractivity contribution in [3.8, 4) is 11.5 Å². The first-order chi connectivity index (χ1) is 14.2. The van der Waals surface area contributed by atoms with E-state index in [9.17, 15) is 4.79 Å². The first-order valence-corrected chi connectivity index (χ1v) is 10.1. The number of fused-ring (bicyclic) bond motifs is 1. The number of carbonyl (C=O) groups is 1. The summed E-state index contributed by atoms with van der Waals surface area (Å²) >= 11 is 5.95. The fourth-order valence-electron chi connectivity index (χ4n) is 3.34. The largest absolute Gasteiger partial charge is 0.490 e. The lowest BCUT2D eigenvalue weighted by Gasteiger charge is -2.21. The minimum atomic E-state index is -0.210. The summed E-state index contributed by atoms with van der Waals surface area (Å²) in [5, 5.41) is 3.76. The highest BCUT2D eigenvalue weighted by Gasteiger charge is 2.19. The maximum Gasteiger partial charge on any atom is 0.251 e. The lowest BCUT2D eigenvalue weighted by Crippen LogP contribution is -2.30. The van der Waals surface area contributed by atoms with Gasteiger partial charge in [-0.15, -0.1) is 0 Å². The zero-order valence-corrected chi connectivity index (χ0v) is 16.7. The quantitative estimate of drug-likeness (QED) is 0.631. The standard InChI is InChI=1S/C24H22ClNO3/c25-20-10-7-18(8-11-20)24(27)26-21(15-17-5-2-1-3-6-17)19-9-12-22-23(16-19)29-14-4-13-28-22/h1-3,5-12,16,21H,4,13-15H2,(H,26,27). The average Bonchev–Trinajstić information content (AvgIpc) is 2.99. The van der Waals surface area contributed by atoms with Crippen molar-refractivity contribution < 1.29 is 14.3 Å². The minimum absolute atomic E-state index is 0.144. The van der Waals surface area contributed by atoms with Crippen molar-refractivity contribution in [3.05, 3.63) is 94.5 Å². The van der Waals surface area contributed by atoms with E-state index in [2.05, 4.69) is 17.4 Å². The second-order valence-electron chi connectivity index (χ2n) is 6.98. The number of halogens is 1. The van der Waals surface area contributed by atoms with E-state index in [1.165, 1.54) is 0 Å². The van der Waals surface area contributed by atoms with Gasteiger partial charge in [0.15, 0.2) is 11.5 Å². The summed E-state index contributed by atoms with van der Waals surface area (Å²) < 4.78 is 11.6. The van der Waals surface area contributed by atoms with Crippen molar-refractivity contribution in [1.29, 1.82) is 0 Å². The van der Waals surface area contributed by atoms with Crippen LogP contribution in [-0.2, 0) is 6.42 Å². The molecule has 148 valence electrons. The molecular weight excluding hydrogens is 386 g/mol. The third-order valence-corrected chi connectivity index (χ3v) is 5.12. The zero-order chi connectivity index (χ0) is 20.1. The second-order valence-corrected chi connectivity index (χ2v) is 7.42. The molecule has 29 heavy (non-hydrogen) atoms. The van der Waals surface area contributed by atoms with E-state index in [0.717, 1.165) is 29.0 Å². The molecule has 0 spiro atoms. The van der Waals surface area contributed by atoms with Crippen molar-refractivity contribution in [2.24, 2.45) is 0 Å². The van der Waals surface area contributed by atoms with Crippen LogP contribution in [0.3, 0.4) is 0 Å². The molecule has 1 aliphatic rings. The fraction of sp³-hybridized carbons (Fsp3) is 0.208. The van der Waals surface area contributed by atoms with Crippen LogP contribution in [0.5, 0.6) is 11.5 Å². The highest BCUT2D eigenvalue weighted by atomic mass is 35.5. The van der Waals surface area contributed by atoms with Crippen molar-refractivity contribution >= 4 is 17.5 Å². The monoisotopic (exact) mass is 407 g/mol. The van der Waals surface area contributed by atoms with Gasteiger partial charge in [0.05, 0.1) is 19.3 Å². The number of benzene rings is 3. The van der Waals surface area contributed by atoms with Gasteiger partial charge in [-0.1, -0.05) is 48.0 Å². The van der Waals surface area contributed by atoms with Crippen molar-refractivity contribution in [2.75, 3.05) is 13.2 Å². The molecule has 0 fully saturated rings. The first kappa shape index (κ1) is 19.3. The SMILES string of the molecule is O=C(NC(Cc1ccccc1)c1ccc2c(c1)OCCCO2)c1ccc(Cl)cc1. The van der Waals surface area contributed by atoms with Gasteiger partial charge in [-0.05, 0) is 53.9 Å². The van der Waals surface area contributed by atoms with Crippen LogP contribution in [0.4, 0.5) is 0 Å². The molecule has 1 amide bonds. The Morgan fingerprint density at radius 2 is 1.66 bits per heavy atom. The van der Waals surface area contributed by atoms with Crippen LogP contribution in [0.1, 0.15) is 33.9 Å². The third kappa shape index (κ3) is 4.90. The summed E-state index contributed by atoms with van der Waals surface area (Å²) in [6.45, 7) is 1.27. The normalized spacial score (nSPS) is 14.0. The lowest BCUT2D eigenvalue weighted by molar-refractivity contribution is 0.0936. The van der Waals surface area contributed by atoms with Crippen LogP contribution in [-0.4, -0.2) is 19.1 Å². The van der Waals surface area contributed by atoms with Crippen LogP contribution in [0, 0.1) is 0 Å². The second kappa shape index (κ2) is 9.01. The summed E-state index contributed by atoms with van der Waals surface area (Å²) in [7, 11) is 0. The molecule has 0 saturated heterocycles. The average molecular weight is 408 g/mol. The topological polar surface area (TPSA) is 47.6 Å². The summed E-state index contributed by atoms with van der Waals surface area (Å²) in [4.78, 5) is 12.9. The lowest BCUT2D eigenvalue weighted by atomic mass is 9.98. The summed E-state index contributed by atoms with van der Waals surface area (Å²) in [5.41, 5.74) is 2.68. The van der Waals surface area contributed by atoms with Crippen LogP contribution in [0.25, 0.3) is 0 Å². The van der Waals surface area contributed by atoms with Gasteiger partial charge >= 0.3 is 0 Å². The highest BCUT2D eigenvalue weighted by molar-refractivity contribution is 6.30. The molecule has 1 unspecified atom stereocenters. The Balaban J connectivity index is 1.62. The molecule has 1 aliphatic heterocycles. The Hall–Kier alpha value is -2.98. The van der Waals surface area contributed by atoms with E-state index >= 15 is 0 Å². The maximum absolute atomic E-state index is 12.9. The number of amides is 1. The Morgan fingerprint density at radius 1 is 0.931 bits per heavy atom. The predicted molar refractivity (Wildman–Crippen MR) is 114 cm³/mol. The fourth-order valence-corrected chi connectivity index (χ4v) is 3.47. The molecule has 0 aliphatic carbocycles. The molecule has 0 saturated carbocycles. The van der Waals surface area contributed by atoms with E-state index in [-0.39, 0.29) is 11.9 Å². The molecule has 1 N–H and O–H groups in total. The number of carbonyl (C=O) groups excluding carboxylic acids is 1. The number of hydrogen-bond donors (Lipinski definition) is 1. The van der Waals surface area contributed by atoms with Gasteiger partial charge in [0, 0.05) is 17.0 Å². The predicted octanol–water partition coefficient (Wildman–Crippen LogP) is 5.22. The van der Waals surface area contributed by atoms with Crippen molar-refractivity contribution in [2.45, 2.75) is 18.9 Å². The molecule has 4 rings (SSSR count). The van der Waals surface area contributed by atoms with Gasteiger partial charge in [-0.2, -0.15) is 0 Å². The molecule has 0 bridgehead atoms. The van der Waals surface area contributed by atoms with Gasteiger partial charge in [0.2, 0.25) is 0 Å². The van der Waals surface area contributed by atoms with Gasteiger partial charge in [-0.25, -0.2) is 0 Å². The highest BCUT2D eigenvalue weighted by Crippen LogP contribution is 2.33. The van der Waals surface area contributed by atoms with Gasteiger partial charge in [0.1, 0.15) is 0 Å². The van der Waals surface area contributed by atoms with E-state index in [1.54, 1.807) is 24.3 Å². The van der Waals surface area contributed by atoms with Crippen molar-refractivity contribution in [3.63, 3.8) is 0 Å². The molecule has 5 heteroatoms. The van der Waals surface area contributed by atoms with Crippen LogP contribution < -0.4 is 14.8 Å². The molecular formula is C24H22ClNO3. The minimum Gasteiger partial charge on any atom is -0.490 e. The Morgan fingerprint density at radius 3 is 2.41 bits per heavy atom. The van der Waals surface area contributed by atoms with E-state index in [4.69, 9.17) is 21.1 Å². The molecule has 3 aromatic rings.